The van der Waals surface area contributed by atoms with Crippen molar-refractivity contribution in [2.75, 3.05) is 0 Å². The first-order chi connectivity index (χ1) is 12.2. The van der Waals surface area contributed by atoms with Gasteiger partial charge in [-0.2, -0.15) is 0 Å². The lowest BCUT2D eigenvalue weighted by atomic mass is 9.96. The molecule has 0 aliphatic rings. The van der Waals surface area contributed by atoms with Gasteiger partial charge in [0.1, 0.15) is 0 Å². The first kappa shape index (κ1) is 21.9. The van der Waals surface area contributed by atoms with Gasteiger partial charge < -0.3 is 11.1 Å². The summed E-state index contributed by atoms with van der Waals surface area (Å²) >= 11 is 0. The van der Waals surface area contributed by atoms with Gasteiger partial charge in [0.05, 0.1) is 0 Å². The molecule has 0 aromatic heterocycles. The molecule has 0 radical (unpaired) electrons. The standard InChI is InChI=1S/C21H28N2O.C2H6/c1-15(2)17-8-6-10-19(12-17)18-9-5-7-16(11-18)14-23-20(24)13-21(3,4)22;1-2/h5-12,15H,13-14,22H2,1-4H3,(H,23,24);1-2H3. The molecule has 0 unspecified atom stereocenters. The van der Waals surface area contributed by atoms with Crippen molar-refractivity contribution in [2.24, 2.45) is 5.73 Å². The third kappa shape index (κ3) is 7.40. The highest BCUT2D eigenvalue weighted by Gasteiger charge is 2.15. The second-order valence-corrected chi connectivity index (χ2v) is 7.42. The predicted octanol–water partition coefficient (Wildman–Crippen LogP) is 5.25. The fraction of sp³-hybridized carbons (Fsp3) is 0.435. The zero-order valence-corrected chi connectivity index (χ0v) is 17.1. The van der Waals surface area contributed by atoms with E-state index < -0.39 is 5.54 Å². The summed E-state index contributed by atoms with van der Waals surface area (Å²) in [4.78, 5) is 11.9. The highest BCUT2D eigenvalue weighted by atomic mass is 16.1. The highest BCUT2D eigenvalue weighted by Crippen LogP contribution is 2.24. The first-order valence-corrected chi connectivity index (χ1v) is 9.49. The number of benzene rings is 2. The van der Waals surface area contributed by atoms with Gasteiger partial charge in [0.15, 0.2) is 0 Å². The summed E-state index contributed by atoms with van der Waals surface area (Å²) in [5.74, 6) is 0.488. The average molecular weight is 355 g/mol. The molecule has 2 rings (SSSR count). The van der Waals surface area contributed by atoms with E-state index in [9.17, 15) is 4.79 Å². The number of nitrogens with one attached hydrogen (secondary N) is 1. The Morgan fingerprint density at radius 1 is 1.04 bits per heavy atom. The number of amides is 1. The third-order valence-corrected chi connectivity index (χ3v) is 3.92. The lowest BCUT2D eigenvalue weighted by molar-refractivity contribution is -0.122. The van der Waals surface area contributed by atoms with Gasteiger partial charge in [-0.1, -0.05) is 70.2 Å². The van der Waals surface area contributed by atoms with Gasteiger partial charge in [-0.05, 0) is 48.1 Å². The molecule has 0 atom stereocenters. The van der Waals surface area contributed by atoms with Crippen molar-refractivity contribution >= 4 is 5.91 Å². The van der Waals surface area contributed by atoms with Crippen molar-refractivity contribution in [1.29, 1.82) is 0 Å². The molecule has 2 aromatic rings. The molecule has 0 bridgehead atoms. The smallest absolute Gasteiger partial charge is 0.222 e. The second-order valence-electron chi connectivity index (χ2n) is 7.42. The van der Waals surface area contributed by atoms with Crippen LogP contribution in [0.5, 0.6) is 0 Å². The predicted molar refractivity (Wildman–Crippen MR) is 112 cm³/mol. The Bertz CT molecular complexity index is 699. The number of hydrogen-bond donors (Lipinski definition) is 2. The maximum absolute atomic E-state index is 11.9. The first-order valence-electron chi connectivity index (χ1n) is 9.49. The minimum atomic E-state index is -0.483. The topological polar surface area (TPSA) is 55.1 Å². The Hall–Kier alpha value is -2.13. The number of hydrogen-bond acceptors (Lipinski definition) is 2. The second kappa shape index (κ2) is 10.1. The molecule has 0 saturated carbocycles. The Morgan fingerprint density at radius 2 is 1.62 bits per heavy atom. The molecule has 1 amide bonds. The van der Waals surface area contributed by atoms with Crippen LogP contribution in [0.2, 0.25) is 0 Å². The molecule has 0 heterocycles. The van der Waals surface area contributed by atoms with Crippen molar-refractivity contribution in [3.05, 3.63) is 59.7 Å². The van der Waals surface area contributed by atoms with Crippen LogP contribution in [-0.4, -0.2) is 11.4 Å². The summed E-state index contributed by atoms with van der Waals surface area (Å²) in [7, 11) is 0. The number of carbonyl (C=O) groups excluding carboxylic acids is 1. The Kier molecular flexibility index (Phi) is 8.53. The van der Waals surface area contributed by atoms with E-state index in [0.717, 1.165) is 5.56 Å². The van der Waals surface area contributed by atoms with Gasteiger partial charge in [-0.3, -0.25) is 4.79 Å². The van der Waals surface area contributed by atoms with Gasteiger partial charge in [0.2, 0.25) is 5.91 Å². The van der Waals surface area contributed by atoms with Gasteiger partial charge >= 0.3 is 0 Å². The molecular formula is C23H34N2O. The molecule has 3 nitrogen and oxygen atoms in total. The summed E-state index contributed by atoms with van der Waals surface area (Å²) in [5.41, 5.74) is 10.2. The van der Waals surface area contributed by atoms with Crippen LogP contribution in [0.3, 0.4) is 0 Å². The zero-order valence-electron chi connectivity index (χ0n) is 17.1. The van der Waals surface area contributed by atoms with E-state index in [1.807, 2.05) is 39.8 Å². The molecular weight excluding hydrogens is 320 g/mol. The van der Waals surface area contributed by atoms with Crippen molar-refractivity contribution in [1.82, 2.24) is 5.32 Å². The van der Waals surface area contributed by atoms with Crippen LogP contribution in [0.1, 0.15) is 65.0 Å². The summed E-state index contributed by atoms with van der Waals surface area (Å²) in [6.45, 7) is 12.6. The number of rotatable bonds is 6. The Morgan fingerprint density at radius 3 is 2.19 bits per heavy atom. The lowest BCUT2D eigenvalue weighted by Crippen LogP contribution is -2.38. The molecule has 0 aliphatic heterocycles. The Labute approximate surface area is 159 Å². The van der Waals surface area contributed by atoms with E-state index in [0.29, 0.717) is 18.9 Å². The van der Waals surface area contributed by atoms with Crippen LogP contribution in [0.15, 0.2) is 48.5 Å². The molecule has 0 fully saturated rings. The summed E-state index contributed by atoms with van der Waals surface area (Å²) < 4.78 is 0. The van der Waals surface area contributed by atoms with Crippen molar-refractivity contribution in [3.8, 4) is 11.1 Å². The van der Waals surface area contributed by atoms with E-state index in [1.165, 1.54) is 16.7 Å². The van der Waals surface area contributed by atoms with Crippen LogP contribution in [0.25, 0.3) is 11.1 Å². The van der Waals surface area contributed by atoms with Crippen molar-refractivity contribution in [3.63, 3.8) is 0 Å². The Balaban J connectivity index is 0.00000163. The maximum Gasteiger partial charge on any atom is 0.222 e. The molecule has 3 N–H and O–H groups in total. The molecule has 0 spiro atoms. The van der Waals surface area contributed by atoms with Crippen LogP contribution in [0.4, 0.5) is 0 Å². The average Bonchev–Trinajstić information content (AvgIpc) is 2.60. The van der Waals surface area contributed by atoms with Crippen molar-refractivity contribution in [2.45, 2.75) is 66.0 Å². The normalized spacial score (nSPS) is 10.9. The summed E-state index contributed by atoms with van der Waals surface area (Å²) in [6, 6.07) is 16.9. The quantitative estimate of drug-likeness (QED) is 0.744. The largest absolute Gasteiger partial charge is 0.352 e. The number of carbonyl (C=O) groups is 1. The molecule has 142 valence electrons. The van der Waals surface area contributed by atoms with Crippen LogP contribution < -0.4 is 11.1 Å². The molecule has 0 saturated heterocycles. The van der Waals surface area contributed by atoms with E-state index in [2.05, 4.69) is 55.6 Å². The molecule has 26 heavy (non-hydrogen) atoms. The van der Waals surface area contributed by atoms with Gasteiger partial charge in [-0.25, -0.2) is 0 Å². The van der Waals surface area contributed by atoms with Crippen LogP contribution in [-0.2, 0) is 11.3 Å². The van der Waals surface area contributed by atoms with Crippen LogP contribution >= 0.6 is 0 Å². The molecule has 2 aromatic carbocycles. The SMILES string of the molecule is CC.CC(C)c1cccc(-c2cccc(CNC(=O)CC(C)(C)N)c2)c1. The van der Waals surface area contributed by atoms with Gasteiger partial charge in [0, 0.05) is 18.5 Å². The molecule has 3 heteroatoms. The summed E-state index contributed by atoms with van der Waals surface area (Å²) in [6.07, 6.45) is 0.323. The van der Waals surface area contributed by atoms with E-state index in [1.54, 1.807) is 0 Å². The highest BCUT2D eigenvalue weighted by molar-refractivity contribution is 5.77. The zero-order chi connectivity index (χ0) is 19.7. The third-order valence-electron chi connectivity index (χ3n) is 3.92. The van der Waals surface area contributed by atoms with Gasteiger partial charge in [0.25, 0.3) is 0 Å². The minimum Gasteiger partial charge on any atom is -0.352 e. The maximum atomic E-state index is 11.9. The monoisotopic (exact) mass is 354 g/mol. The minimum absolute atomic E-state index is 0.0188. The van der Waals surface area contributed by atoms with Crippen molar-refractivity contribution < 1.29 is 4.79 Å². The number of nitrogens with two attached hydrogens (primary N) is 1. The van der Waals surface area contributed by atoms with E-state index in [4.69, 9.17) is 5.73 Å². The fourth-order valence-electron chi connectivity index (χ4n) is 2.62. The van der Waals surface area contributed by atoms with Gasteiger partial charge in [-0.15, -0.1) is 0 Å². The van der Waals surface area contributed by atoms with Crippen LogP contribution in [0, 0.1) is 0 Å². The molecule has 0 aliphatic carbocycles. The fourth-order valence-corrected chi connectivity index (χ4v) is 2.62. The van der Waals surface area contributed by atoms with E-state index >= 15 is 0 Å². The summed E-state index contributed by atoms with van der Waals surface area (Å²) in [5, 5.41) is 2.94. The van der Waals surface area contributed by atoms with E-state index in [-0.39, 0.29) is 5.91 Å². The lowest BCUT2D eigenvalue weighted by Gasteiger charge is -2.17.